The molecule has 0 amide bonds. The van der Waals surface area contributed by atoms with Crippen LogP contribution in [0.25, 0.3) is 0 Å². The van der Waals surface area contributed by atoms with Gasteiger partial charge in [0.25, 0.3) is 0 Å². The Bertz CT molecular complexity index is 311. The van der Waals surface area contributed by atoms with Crippen LogP contribution in [-0.4, -0.2) is 6.04 Å². The van der Waals surface area contributed by atoms with E-state index in [9.17, 15) is 0 Å². The normalized spacial score (nSPS) is 18.8. The zero-order chi connectivity index (χ0) is 11.2. The van der Waals surface area contributed by atoms with E-state index in [2.05, 4.69) is 36.5 Å². The van der Waals surface area contributed by atoms with E-state index < -0.39 is 0 Å². The first-order chi connectivity index (χ1) is 7.86. The molecule has 1 aliphatic carbocycles. The summed E-state index contributed by atoms with van der Waals surface area (Å²) in [6.45, 7) is 2.19. The molecule has 0 unspecified atom stereocenters. The topological polar surface area (TPSA) is 12.0 Å². The molecule has 16 heavy (non-hydrogen) atoms. The highest BCUT2D eigenvalue weighted by atomic mass is 14.9. The third-order valence-corrected chi connectivity index (χ3v) is 3.61. The maximum absolute atomic E-state index is 3.72. The Morgan fingerprint density at radius 3 is 2.25 bits per heavy atom. The Kier molecular flexibility index (Phi) is 4.26. The molecule has 0 atom stereocenters. The van der Waals surface area contributed by atoms with Gasteiger partial charge in [-0.3, -0.25) is 0 Å². The number of rotatable bonds is 2. The Labute approximate surface area is 99.3 Å². The summed E-state index contributed by atoms with van der Waals surface area (Å²) in [4.78, 5) is 0. The third kappa shape index (κ3) is 3.26. The predicted molar refractivity (Wildman–Crippen MR) is 70.9 cm³/mol. The van der Waals surface area contributed by atoms with Gasteiger partial charge in [0.15, 0.2) is 0 Å². The van der Waals surface area contributed by atoms with Gasteiger partial charge in [0.05, 0.1) is 0 Å². The highest BCUT2D eigenvalue weighted by Crippen LogP contribution is 2.22. The monoisotopic (exact) mass is 217 g/mol. The van der Waals surface area contributed by atoms with Gasteiger partial charge in [-0.25, -0.2) is 0 Å². The number of anilines is 1. The maximum atomic E-state index is 3.72. The van der Waals surface area contributed by atoms with E-state index in [0.717, 1.165) is 0 Å². The van der Waals surface area contributed by atoms with Crippen LogP contribution in [0.3, 0.4) is 0 Å². The number of aryl methyl sites for hydroxylation is 1. The van der Waals surface area contributed by atoms with Crippen molar-refractivity contribution >= 4 is 5.69 Å². The Balaban J connectivity index is 1.94. The first-order valence-electron chi connectivity index (χ1n) is 6.68. The SMILES string of the molecule is Cc1ccccc1NC1CCCCCCC1. The van der Waals surface area contributed by atoms with Gasteiger partial charge < -0.3 is 5.32 Å². The largest absolute Gasteiger partial charge is 0.382 e. The lowest BCUT2D eigenvalue weighted by Gasteiger charge is -2.23. The Morgan fingerprint density at radius 2 is 1.56 bits per heavy atom. The Morgan fingerprint density at radius 1 is 0.938 bits per heavy atom. The second-order valence-electron chi connectivity index (χ2n) is 5.00. The summed E-state index contributed by atoms with van der Waals surface area (Å²) in [5.41, 5.74) is 2.69. The highest BCUT2D eigenvalue weighted by molar-refractivity contribution is 5.50. The quantitative estimate of drug-likeness (QED) is 0.768. The lowest BCUT2D eigenvalue weighted by atomic mass is 9.96. The zero-order valence-electron chi connectivity index (χ0n) is 10.3. The van der Waals surface area contributed by atoms with Crippen molar-refractivity contribution in [3.05, 3.63) is 29.8 Å². The van der Waals surface area contributed by atoms with E-state index in [1.807, 2.05) is 0 Å². The summed E-state index contributed by atoms with van der Waals surface area (Å²) in [5.74, 6) is 0. The molecule has 1 saturated carbocycles. The highest BCUT2D eigenvalue weighted by Gasteiger charge is 2.11. The van der Waals surface area contributed by atoms with Crippen molar-refractivity contribution in [1.29, 1.82) is 0 Å². The molecule has 0 heterocycles. The summed E-state index contributed by atoms with van der Waals surface area (Å²) in [6, 6.07) is 9.32. The average molecular weight is 217 g/mol. The summed E-state index contributed by atoms with van der Waals surface area (Å²) in [7, 11) is 0. The standard InChI is InChI=1S/C15H23N/c1-13-9-7-8-12-15(13)16-14-10-5-3-2-4-6-11-14/h7-9,12,14,16H,2-6,10-11H2,1H3. The van der Waals surface area contributed by atoms with E-state index in [1.165, 1.54) is 56.2 Å². The van der Waals surface area contributed by atoms with Crippen LogP contribution in [0.2, 0.25) is 0 Å². The van der Waals surface area contributed by atoms with Crippen LogP contribution in [0.1, 0.15) is 50.5 Å². The first-order valence-corrected chi connectivity index (χ1v) is 6.68. The summed E-state index contributed by atoms with van der Waals surface area (Å²) in [5, 5.41) is 3.72. The van der Waals surface area contributed by atoms with Crippen molar-refractivity contribution in [2.45, 2.75) is 57.9 Å². The molecule has 1 aromatic carbocycles. The molecule has 0 bridgehead atoms. The van der Waals surface area contributed by atoms with Crippen molar-refractivity contribution in [2.24, 2.45) is 0 Å². The lowest BCUT2D eigenvalue weighted by Crippen LogP contribution is -2.20. The smallest absolute Gasteiger partial charge is 0.0372 e. The minimum Gasteiger partial charge on any atom is -0.382 e. The maximum Gasteiger partial charge on any atom is 0.0372 e. The van der Waals surface area contributed by atoms with Crippen molar-refractivity contribution < 1.29 is 0 Å². The second-order valence-corrected chi connectivity index (χ2v) is 5.00. The Hall–Kier alpha value is -0.980. The summed E-state index contributed by atoms with van der Waals surface area (Å²) < 4.78 is 0. The molecular weight excluding hydrogens is 194 g/mol. The lowest BCUT2D eigenvalue weighted by molar-refractivity contribution is 0.471. The number of hydrogen-bond donors (Lipinski definition) is 1. The van der Waals surface area contributed by atoms with E-state index in [4.69, 9.17) is 0 Å². The van der Waals surface area contributed by atoms with Crippen molar-refractivity contribution in [1.82, 2.24) is 0 Å². The third-order valence-electron chi connectivity index (χ3n) is 3.61. The molecule has 1 heteroatoms. The van der Waals surface area contributed by atoms with Gasteiger partial charge in [0.2, 0.25) is 0 Å². The number of benzene rings is 1. The van der Waals surface area contributed by atoms with Crippen molar-refractivity contribution in [3.63, 3.8) is 0 Å². The summed E-state index contributed by atoms with van der Waals surface area (Å²) >= 11 is 0. The second kappa shape index (κ2) is 5.93. The molecule has 2 rings (SSSR count). The van der Waals surface area contributed by atoms with Crippen LogP contribution in [0.4, 0.5) is 5.69 Å². The van der Waals surface area contributed by atoms with Crippen LogP contribution < -0.4 is 5.32 Å². The molecule has 0 aromatic heterocycles. The van der Waals surface area contributed by atoms with Gasteiger partial charge in [0, 0.05) is 11.7 Å². The molecule has 0 spiro atoms. The van der Waals surface area contributed by atoms with E-state index in [-0.39, 0.29) is 0 Å². The zero-order valence-corrected chi connectivity index (χ0v) is 10.3. The fraction of sp³-hybridized carbons (Fsp3) is 0.600. The van der Waals surface area contributed by atoms with E-state index >= 15 is 0 Å². The molecule has 1 N–H and O–H groups in total. The first kappa shape index (κ1) is 11.5. The van der Waals surface area contributed by atoms with E-state index in [0.29, 0.717) is 6.04 Å². The minimum absolute atomic E-state index is 0.696. The minimum atomic E-state index is 0.696. The van der Waals surface area contributed by atoms with Crippen LogP contribution in [-0.2, 0) is 0 Å². The number of para-hydroxylation sites is 1. The molecule has 88 valence electrons. The molecular formula is C15H23N. The van der Waals surface area contributed by atoms with Gasteiger partial charge in [-0.2, -0.15) is 0 Å². The van der Waals surface area contributed by atoms with E-state index in [1.54, 1.807) is 0 Å². The predicted octanol–water partition coefficient (Wildman–Crippen LogP) is 4.52. The van der Waals surface area contributed by atoms with Gasteiger partial charge >= 0.3 is 0 Å². The van der Waals surface area contributed by atoms with Crippen molar-refractivity contribution in [3.8, 4) is 0 Å². The fourth-order valence-electron chi connectivity index (χ4n) is 2.56. The molecule has 0 radical (unpaired) electrons. The van der Waals surface area contributed by atoms with Crippen LogP contribution in [0.15, 0.2) is 24.3 Å². The van der Waals surface area contributed by atoms with Gasteiger partial charge in [-0.05, 0) is 31.4 Å². The fourth-order valence-corrected chi connectivity index (χ4v) is 2.56. The number of nitrogens with one attached hydrogen (secondary N) is 1. The van der Waals surface area contributed by atoms with Gasteiger partial charge in [0.1, 0.15) is 0 Å². The summed E-state index contributed by atoms with van der Waals surface area (Å²) in [6.07, 6.45) is 9.75. The number of hydrogen-bond acceptors (Lipinski definition) is 1. The van der Waals surface area contributed by atoms with Crippen LogP contribution >= 0.6 is 0 Å². The van der Waals surface area contributed by atoms with Crippen LogP contribution in [0, 0.1) is 6.92 Å². The molecule has 0 aliphatic heterocycles. The van der Waals surface area contributed by atoms with Gasteiger partial charge in [-0.15, -0.1) is 0 Å². The van der Waals surface area contributed by atoms with Crippen LogP contribution in [0.5, 0.6) is 0 Å². The molecule has 1 aliphatic rings. The molecule has 1 nitrogen and oxygen atoms in total. The molecule has 1 aromatic rings. The average Bonchev–Trinajstić information content (AvgIpc) is 2.24. The van der Waals surface area contributed by atoms with Crippen molar-refractivity contribution in [2.75, 3.05) is 5.32 Å². The molecule has 0 saturated heterocycles. The van der Waals surface area contributed by atoms with Gasteiger partial charge in [-0.1, -0.05) is 50.3 Å². The molecule has 1 fully saturated rings.